The van der Waals surface area contributed by atoms with E-state index in [4.69, 9.17) is 0 Å². The molecule has 0 amide bonds. The van der Waals surface area contributed by atoms with Crippen LogP contribution in [0.5, 0.6) is 0 Å². The third kappa shape index (κ3) is 5.95. The van der Waals surface area contributed by atoms with Gasteiger partial charge in [0, 0.05) is 48.5 Å². The zero-order valence-corrected chi connectivity index (χ0v) is 40.0. The fourth-order valence-electron chi connectivity index (χ4n) is 12.4. The molecule has 72 heavy (non-hydrogen) atoms. The van der Waals surface area contributed by atoms with Gasteiger partial charge in [-0.25, -0.2) is 0 Å². The molecule has 0 aliphatic heterocycles. The summed E-state index contributed by atoms with van der Waals surface area (Å²) < 4.78 is 2.58. The van der Waals surface area contributed by atoms with E-state index < -0.39 is 5.41 Å². The maximum Gasteiger partial charge on any atom is 0.0727 e. The number of hydrogen-bond donors (Lipinski definition) is 0. The van der Waals surface area contributed by atoms with Gasteiger partial charge in [-0.15, -0.1) is 11.3 Å². The van der Waals surface area contributed by atoms with E-state index in [1.54, 1.807) is 0 Å². The second-order valence-corrected chi connectivity index (χ2v) is 20.2. The number of rotatable bonds is 7. The molecule has 2 aliphatic rings. The molecule has 1 heterocycles. The predicted octanol–water partition coefficient (Wildman–Crippen LogP) is 19.3. The van der Waals surface area contributed by atoms with Gasteiger partial charge in [0.1, 0.15) is 0 Å². The summed E-state index contributed by atoms with van der Waals surface area (Å²) in [4.78, 5) is 4.98. The maximum absolute atomic E-state index is 2.52. The fourth-order valence-corrected chi connectivity index (χ4v) is 13.6. The Bertz CT molecular complexity index is 4290. The molecule has 12 aromatic carbocycles. The van der Waals surface area contributed by atoms with Crippen LogP contribution in [0.25, 0.3) is 75.1 Å². The summed E-state index contributed by atoms with van der Waals surface area (Å²) in [7, 11) is 0. The molecule has 0 bridgehead atoms. The highest BCUT2D eigenvalue weighted by Crippen LogP contribution is 2.64. The average Bonchev–Trinajstić information content (AvgIpc) is 4.08. The molecule has 1 spiro atoms. The highest BCUT2D eigenvalue weighted by atomic mass is 32.1. The third-order valence-electron chi connectivity index (χ3n) is 15.4. The van der Waals surface area contributed by atoms with Crippen molar-refractivity contribution < 1.29 is 0 Å². The van der Waals surface area contributed by atoms with Crippen LogP contribution in [-0.2, 0) is 5.41 Å². The minimum atomic E-state index is -0.611. The minimum Gasteiger partial charge on any atom is -0.310 e. The van der Waals surface area contributed by atoms with Gasteiger partial charge >= 0.3 is 0 Å². The van der Waals surface area contributed by atoms with Gasteiger partial charge in [0.15, 0.2) is 0 Å². The number of thiophene rings is 1. The summed E-state index contributed by atoms with van der Waals surface area (Å²) >= 11 is 1.86. The quantitative estimate of drug-likeness (QED) is 0.157. The second kappa shape index (κ2) is 16.0. The molecular formula is C69H44N2S. The van der Waals surface area contributed by atoms with E-state index in [9.17, 15) is 0 Å². The van der Waals surface area contributed by atoms with Crippen molar-refractivity contribution in [2.75, 3.05) is 9.80 Å². The summed E-state index contributed by atoms with van der Waals surface area (Å²) in [6.07, 6.45) is 0. The summed E-state index contributed by atoms with van der Waals surface area (Å²) in [5.74, 6) is 0. The normalized spacial score (nSPS) is 14.2. The van der Waals surface area contributed by atoms with E-state index in [1.165, 1.54) is 103 Å². The van der Waals surface area contributed by atoms with Crippen LogP contribution in [0.15, 0.2) is 267 Å². The third-order valence-corrected chi connectivity index (χ3v) is 16.5. The summed E-state index contributed by atoms with van der Waals surface area (Å²) in [6.45, 7) is 0. The highest BCUT2D eigenvalue weighted by molar-refractivity contribution is 7.26. The fraction of sp³-hybridized carbons (Fsp3) is 0.0145. The second-order valence-electron chi connectivity index (χ2n) is 19.1. The lowest BCUT2D eigenvalue weighted by atomic mass is 9.70. The lowest BCUT2D eigenvalue weighted by Gasteiger charge is -2.34. The number of hydrogen-bond acceptors (Lipinski definition) is 3. The van der Waals surface area contributed by atoms with Gasteiger partial charge in [-0.1, -0.05) is 188 Å². The number of nitrogens with zero attached hydrogens (tertiary/aromatic N) is 2. The molecule has 0 saturated carbocycles. The Morgan fingerprint density at radius 3 is 1.49 bits per heavy atom. The largest absolute Gasteiger partial charge is 0.310 e. The molecule has 3 heteroatoms. The van der Waals surface area contributed by atoms with Crippen molar-refractivity contribution in [3.63, 3.8) is 0 Å². The lowest BCUT2D eigenvalue weighted by Crippen LogP contribution is -2.26. The van der Waals surface area contributed by atoms with Crippen molar-refractivity contribution in [1.82, 2.24) is 0 Å². The molecule has 2 aliphatic carbocycles. The van der Waals surface area contributed by atoms with Crippen molar-refractivity contribution in [1.29, 1.82) is 0 Å². The van der Waals surface area contributed by atoms with Gasteiger partial charge in [0.25, 0.3) is 0 Å². The van der Waals surface area contributed by atoms with Crippen LogP contribution in [0.3, 0.4) is 0 Å². The predicted molar refractivity (Wildman–Crippen MR) is 305 cm³/mol. The standard InChI is InChI=1S/C69H44N2S/c1-3-21-49(22-4-1)70(63-31-17-33-66-68(63)58-28-13-16-32-65(58)72-66)51-37-39-56-54-26-11-14-29-59(54)69(61(56)43-51)60-30-15-12-27-55(60)57-40-38-52(44-62(57)69)71(50-23-5-2-6-24-50)64-41-36-46-19-9-10-25-53(46)67(64)48-35-34-45-18-7-8-20-47(45)42-48/h1-44H. The highest BCUT2D eigenvalue weighted by Gasteiger charge is 2.52. The van der Waals surface area contributed by atoms with Crippen molar-refractivity contribution in [3.8, 4) is 33.4 Å². The zero-order chi connectivity index (χ0) is 47.3. The number of benzene rings is 12. The minimum absolute atomic E-state index is 0.611. The molecule has 1 unspecified atom stereocenters. The summed E-state index contributed by atoms with van der Waals surface area (Å²) in [5, 5.41) is 7.44. The molecule has 0 fully saturated rings. The molecule has 1 atom stereocenters. The van der Waals surface area contributed by atoms with Crippen LogP contribution in [0.2, 0.25) is 0 Å². The molecule has 336 valence electrons. The maximum atomic E-state index is 2.52. The van der Waals surface area contributed by atoms with E-state index in [0.717, 1.165) is 28.4 Å². The van der Waals surface area contributed by atoms with Crippen molar-refractivity contribution in [2.24, 2.45) is 0 Å². The SMILES string of the molecule is c1ccc(N(c2ccc3c(c2)C2(c4ccccc4-3)c3ccccc3-c3ccc(N(c4ccccc4)c4cccc5sc6ccccc6c45)cc32)c2ccc3ccccc3c2-c2ccc3ccccc3c2)cc1. The molecule has 0 radical (unpaired) electrons. The number of fused-ring (bicyclic) bond motifs is 15. The Morgan fingerprint density at radius 2 is 0.806 bits per heavy atom. The van der Waals surface area contributed by atoms with Crippen LogP contribution >= 0.6 is 11.3 Å². The summed E-state index contributed by atoms with van der Waals surface area (Å²) in [6, 6.07) is 99.4. The Morgan fingerprint density at radius 1 is 0.292 bits per heavy atom. The average molecular weight is 933 g/mol. The Balaban J connectivity index is 0.994. The summed E-state index contributed by atoms with van der Waals surface area (Å²) in [5.41, 5.74) is 18.8. The van der Waals surface area contributed by atoms with Crippen LogP contribution in [0.1, 0.15) is 22.3 Å². The van der Waals surface area contributed by atoms with Crippen molar-refractivity contribution in [3.05, 3.63) is 289 Å². The molecule has 1 aromatic heterocycles. The van der Waals surface area contributed by atoms with Gasteiger partial charge in [-0.2, -0.15) is 0 Å². The topological polar surface area (TPSA) is 6.48 Å². The van der Waals surface area contributed by atoms with Gasteiger partial charge in [-0.05, 0) is 150 Å². The molecule has 2 nitrogen and oxygen atoms in total. The van der Waals surface area contributed by atoms with Crippen LogP contribution in [-0.4, -0.2) is 0 Å². The monoisotopic (exact) mass is 932 g/mol. The van der Waals surface area contributed by atoms with E-state index >= 15 is 0 Å². The molecule has 13 aromatic rings. The first kappa shape index (κ1) is 40.8. The van der Waals surface area contributed by atoms with E-state index in [-0.39, 0.29) is 0 Å². The van der Waals surface area contributed by atoms with E-state index in [1.807, 2.05) is 11.3 Å². The molecule has 0 N–H and O–H groups in total. The molecule has 15 rings (SSSR count). The zero-order valence-electron chi connectivity index (χ0n) is 39.2. The first-order valence-corrected chi connectivity index (χ1v) is 25.6. The number of anilines is 6. The van der Waals surface area contributed by atoms with Crippen LogP contribution in [0.4, 0.5) is 34.1 Å². The van der Waals surface area contributed by atoms with Crippen molar-refractivity contribution >= 4 is 87.2 Å². The van der Waals surface area contributed by atoms with Crippen molar-refractivity contribution in [2.45, 2.75) is 5.41 Å². The lowest BCUT2D eigenvalue weighted by molar-refractivity contribution is 0.793. The first-order chi connectivity index (χ1) is 35.7. The Kier molecular flexibility index (Phi) is 9.08. The van der Waals surface area contributed by atoms with Gasteiger partial charge < -0.3 is 9.80 Å². The molecular weight excluding hydrogens is 889 g/mol. The molecule has 0 saturated heterocycles. The Hall–Kier alpha value is -9.02. The van der Waals surface area contributed by atoms with Crippen LogP contribution < -0.4 is 9.80 Å². The van der Waals surface area contributed by atoms with Gasteiger partial charge in [-0.3, -0.25) is 0 Å². The van der Waals surface area contributed by atoms with E-state index in [0.29, 0.717) is 0 Å². The van der Waals surface area contributed by atoms with Crippen LogP contribution in [0, 0.1) is 0 Å². The van der Waals surface area contributed by atoms with Gasteiger partial charge in [0.05, 0.1) is 16.8 Å². The first-order valence-electron chi connectivity index (χ1n) is 24.8. The smallest absolute Gasteiger partial charge is 0.0727 e. The van der Waals surface area contributed by atoms with Gasteiger partial charge in [0.2, 0.25) is 0 Å². The number of para-hydroxylation sites is 2. The Labute approximate surface area is 422 Å². The van der Waals surface area contributed by atoms with E-state index in [2.05, 4.69) is 277 Å².